The number of rotatable bonds is 3. The molecular weight excluding hydrogens is 356 g/mol. The second kappa shape index (κ2) is 6.96. The Hall–Kier alpha value is -3.41. The number of benzene rings is 2. The number of amides is 1. The molecular formula is C22H20N2O4. The number of carboxylic acid groups (broad SMARTS) is 1. The topological polar surface area (TPSA) is 90.5 Å². The van der Waals surface area contributed by atoms with E-state index in [1.54, 1.807) is 29.2 Å². The zero-order valence-electron chi connectivity index (χ0n) is 15.2. The van der Waals surface area contributed by atoms with Crippen molar-refractivity contribution < 1.29 is 14.7 Å². The van der Waals surface area contributed by atoms with Crippen molar-refractivity contribution in [2.75, 3.05) is 13.1 Å². The molecule has 2 heterocycles. The number of piperidine rings is 1. The number of carbonyl (C=O) groups is 2. The maximum Gasteiger partial charge on any atom is 0.314 e. The lowest BCUT2D eigenvalue weighted by atomic mass is 9.73. The van der Waals surface area contributed by atoms with Gasteiger partial charge in [-0.25, -0.2) is 0 Å². The molecule has 2 N–H and O–H groups in total. The highest BCUT2D eigenvalue weighted by Gasteiger charge is 2.44. The highest BCUT2D eigenvalue weighted by Crippen LogP contribution is 2.36. The van der Waals surface area contributed by atoms with E-state index in [-0.39, 0.29) is 17.2 Å². The number of hydrogen-bond donors (Lipinski definition) is 2. The molecule has 0 radical (unpaired) electrons. The molecule has 28 heavy (non-hydrogen) atoms. The van der Waals surface area contributed by atoms with Crippen LogP contribution in [0.25, 0.3) is 10.8 Å². The Morgan fingerprint density at radius 3 is 2.29 bits per heavy atom. The van der Waals surface area contributed by atoms with Crippen LogP contribution in [0.1, 0.15) is 28.9 Å². The lowest BCUT2D eigenvalue weighted by molar-refractivity contribution is -0.145. The summed E-state index contributed by atoms with van der Waals surface area (Å²) in [7, 11) is 0. The number of aromatic amines is 1. The minimum atomic E-state index is -0.991. The fourth-order valence-corrected chi connectivity index (χ4v) is 3.97. The largest absolute Gasteiger partial charge is 0.481 e. The zero-order valence-corrected chi connectivity index (χ0v) is 15.2. The monoisotopic (exact) mass is 376 g/mol. The Morgan fingerprint density at radius 2 is 1.61 bits per heavy atom. The molecule has 1 aliphatic rings. The van der Waals surface area contributed by atoms with Gasteiger partial charge in [0.2, 0.25) is 0 Å². The van der Waals surface area contributed by atoms with Gasteiger partial charge in [-0.15, -0.1) is 0 Å². The summed E-state index contributed by atoms with van der Waals surface area (Å²) < 4.78 is 0. The van der Waals surface area contributed by atoms with Crippen LogP contribution in [0.4, 0.5) is 0 Å². The maximum atomic E-state index is 12.9. The van der Waals surface area contributed by atoms with E-state index < -0.39 is 11.4 Å². The van der Waals surface area contributed by atoms with Gasteiger partial charge in [0, 0.05) is 18.5 Å². The number of likely N-dealkylation sites (tertiary alicyclic amines) is 1. The van der Waals surface area contributed by atoms with Crippen LogP contribution in [0.2, 0.25) is 0 Å². The van der Waals surface area contributed by atoms with Gasteiger partial charge in [-0.2, -0.15) is 0 Å². The summed E-state index contributed by atoms with van der Waals surface area (Å²) in [6.07, 6.45) is 0.659. The SMILES string of the molecule is O=C(c1cc2ccccc2c(=O)[nH]1)N1CCC(C(=O)O)(c2ccccc2)CC1. The van der Waals surface area contributed by atoms with Crippen LogP contribution in [-0.2, 0) is 10.2 Å². The van der Waals surface area contributed by atoms with E-state index in [0.29, 0.717) is 36.7 Å². The van der Waals surface area contributed by atoms with E-state index >= 15 is 0 Å². The molecule has 1 amide bonds. The molecule has 1 aliphatic heterocycles. The maximum absolute atomic E-state index is 12.9. The minimum Gasteiger partial charge on any atom is -0.481 e. The Labute approximate surface area is 161 Å². The van der Waals surface area contributed by atoms with E-state index in [2.05, 4.69) is 4.98 Å². The standard InChI is InChI=1S/C22H20N2O4/c25-19-17-9-5-4-6-15(17)14-18(23-19)20(26)24-12-10-22(11-13-24,21(27)28)16-7-2-1-3-8-16/h1-9,14H,10-13H2,(H,23,25)(H,27,28). The average Bonchev–Trinajstić information content (AvgIpc) is 2.74. The van der Waals surface area contributed by atoms with Crippen molar-refractivity contribution in [3.8, 4) is 0 Å². The van der Waals surface area contributed by atoms with Gasteiger partial charge < -0.3 is 15.0 Å². The van der Waals surface area contributed by atoms with Gasteiger partial charge in [-0.3, -0.25) is 14.4 Å². The normalized spacial score (nSPS) is 16.1. The zero-order chi connectivity index (χ0) is 19.7. The van der Waals surface area contributed by atoms with E-state index in [1.165, 1.54) is 0 Å². The molecule has 1 fully saturated rings. The van der Waals surface area contributed by atoms with Crippen molar-refractivity contribution >= 4 is 22.6 Å². The first kappa shape index (κ1) is 18.0. The van der Waals surface area contributed by atoms with E-state index in [4.69, 9.17) is 0 Å². The summed E-state index contributed by atoms with van der Waals surface area (Å²) in [6, 6.07) is 17.9. The number of hydrogen-bond acceptors (Lipinski definition) is 3. The quantitative estimate of drug-likeness (QED) is 0.735. The molecule has 6 nitrogen and oxygen atoms in total. The van der Waals surface area contributed by atoms with Crippen molar-refractivity contribution in [3.05, 3.63) is 82.3 Å². The summed E-state index contributed by atoms with van der Waals surface area (Å²) >= 11 is 0. The van der Waals surface area contributed by atoms with E-state index in [9.17, 15) is 19.5 Å². The molecule has 0 aliphatic carbocycles. The van der Waals surface area contributed by atoms with Crippen molar-refractivity contribution in [1.29, 1.82) is 0 Å². The van der Waals surface area contributed by atoms with E-state index in [0.717, 1.165) is 5.56 Å². The number of carbonyl (C=O) groups excluding carboxylic acids is 1. The molecule has 4 rings (SSSR count). The van der Waals surface area contributed by atoms with Crippen LogP contribution < -0.4 is 5.56 Å². The number of fused-ring (bicyclic) bond motifs is 1. The third-order valence-corrected chi connectivity index (χ3v) is 5.62. The Morgan fingerprint density at radius 1 is 0.964 bits per heavy atom. The van der Waals surface area contributed by atoms with Crippen LogP contribution in [0, 0.1) is 0 Å². The van der Waals surface area contributed by atoms with Gasteiger partial charge in [0.15, 0.2) is 0 Å². The fraction of sp³-hybridized carbons (Fsp3) is 0.227. The van der Waals surface area contributed by atoms with E-state index in [1.807, 2.05) is 36.4 Å². The van der Waals surface area contributed by atoms with Crippen LogP contribution in [0.3, 0.4) is 0 Å². The van der Waals surface area contributed by atoms with Crippen LogP contribution in [-0.4, -0.2) is 40.0 Å². The lowest BCUT2D eigenvalue weighted by Crippen LogP contribution is -2.49. The Kier molecular flexibility index (Phi) is 4.47. The molecule has 1 aromatic heterocycles. The number of carboxylic acids is 1. The molecule has 0 bridgehead atoms. The van der Waals surface area contributed by atoms with Gasteiger partial charge >= 0.3 is 5.97 Å². The predicted molar refractivity (Wildman–Crippen MR) is 105 cm³/mol. The Bertz CT molecular complexity index is 1100. The summed E-state index contributed by atoms with van der Waals surface area (Å²) in [5, 5.41) is 11.1. The molecule has 0 unspecified atom stereocenters. The van der Waals surface area contributed by atoms with Gasteiger partial charge in [0.25, 0.3) is 11.5 Å². The summed E-state index contributed by atoms with van der Waals surface area (Å²) in [5.74, 6) is -1.15. The predicted octanol–water partition coefficient (Wildman–Crippen LogP) is 2.79. The molecule has 6 heteroatoms. The molecule has 3 aromatic rings. The molecule has 0 spiro atoms. The number of pyridine rings is 1. The number of aromatic nitrogens is 1. The summed E-state index contributed by atoms with van der Waals surface area (Å²) in [6.45, 7) is 0.629. The van der Waals surface area contributed by atoms with Crippen molar-refractivity contribution in [2.45, 2.75) is 18.3 Å². The number of aliphatic carboxylic acids is 1. The number of nitrogens with one attached hydrogen (secondary N) is 1. The number of H-pyrrole nitrogens is 1. The molecule has 2 aromatic carbocycles. The first-order chi connectivity index (χ1) is 13.5. The molecule has 142 valence electrons. The smallest absolute Gasteiger partial charge is 0.314 e. The minimum absolute atomic E-state index is 0.228. The highest BCUT2D eigenvalue weighted by atomic mass is 16.4. The van der Waals surface area contributed by atoms with Gasteiger partial charge in [0.1, 0.15) is 5.69 Å². The van der Waals surface area contributed by atoms with Gasteiger partial charge in [-0.1, -0.05) is 48.5 Å². The average molecular weight is 376 g/mol. The highest BCUT2D eigenvalue weighted by molar-refractivity contribution is 5.96. The Balaban J connectivity index is 1.59. The lowest BCUT2D eigenvalue weighted by Gasteiger charge is -2.39. The summed E-state index contributed by atoms with van der Waals surface area (Å²) in [5.41, 5.74) is -0.308. The first-order valence-corrected chi connectivity index (χ1v) is 9.21. The van der Waals surface area contributed by atoms with Crippen molar-refractivity contribution in [1.82, 2.24) is 9.88 Å². The third-order valence-electron chi connectivity index (χ3n) is 5.62. The second-order valence-corrected chi connectivity index (χ2v) is 7.14. The van der Waals surface area contributed by atoms with Gasteiger partial charge in [-0.05, 0) is 35.9 Å². The third kappa shape index (κ3) is 2.97. The van der Waals surface area contributed by atoms with Gasteiger partial charge in [0.05, 0.1) is 5.41 Å². The second-order valence-electron chi connectivity index (χ2n) is 7.14. The molecule has 0 saturated carbocycles. The first-order valence-electron chi connectivity index (χ1n) is 9.21. The van der Waals surface area contributed by atoms with Crippen molar-refractivity contribution in [3.63, 3.8) is 0 Å². The molecule has 1 saturated heterocycles. The fourth-order valence-electron chi connectivity index (χ4n) is 3.97. The van der Waals surface area contributed by atoms with Crippen LogP contribution >= 0.6 is 0 Å². The number of nitrogens with zero attached hydrogens (tertiary/aromatic N) is 1. The van der Waals surface area contributed by atoms with Crippen LogP contribution in [0.15, 0.2) is 65.5 Å². The molecule has 0 atom stereocenters. The summed E-state index contributed by atoms with van der Waals surface area (Å²) in [4.78, 5) is 41.5. The van der Waals surface area contributed by atoms with Crippen molar-refractivity contribution in [2.24, 2.45) is 0 Å². The van der Waals surface area contributed by atoms with Crippen LogP contribution in [0.5, 0.6) is 0 Å².